The molecule has 0 aliphatic carbocycles. The molecule has 0 aromatic carbocycles. The predicted molar refractivity (Wildman–Crippen MR) is 69.3 cm³/mol. The van der Waals surface area contributed by atoms with Crippen LogP contribution in [0.5, 0.6) is 0 Å². The third-order valence-corrected chi connectivity index (χ3v) is 3.65. The molecule has 104 valence electrons. The van der Waals surface area contributed by atoms with Crippen LogP contribution in [0.3, 0.4) is 0 Å². The van der Waals surface area contributed by atoms with Crippen molar-refractivity contribution in [1.82, 2.24) is 10.2 Å². The Hall–Kier alpha value is -1.26. The Kier molecular flexibility index (Phi) is 4.99. The number of rotatable bonds is 3. The van der Waals surface area contributed by atoms with Gasteiger partial charge in [0, 0.05) is 19.1 Å². The number of carboxylic acid groups (broad SMARTS) is 1. The number of nitrogens with zero attached hydrogens (tertiary/aromatic N) is 1. The molecule has 0 aromatic rings. The lowest BCUT2D eigenvalue weighted by atomic mass is 9.91. The van der Waals surface area contributed by atoms with Crippen LogP contribution in [-0.4, -0.2) is 41.1 Å². The van der Waals surface area contributed by atoms with Crippen molar-refractivity contribution in [2.24, 2.45) is 17.8 Å². The Balaban J connectivity index is 2.59. The normalized spacial score (nSPS) is 25.9. The van der Waals surface area contributed by atoms with Crippen LogP contribution in [0.25, 0.3) is 0 Å². The van der Waals surface area contributed by atoms with Gasteiger partial charge in [-0.25, -0.2) is 4.79 Å². The number of urea groups is 1. The smallest absolute Gasteiger partial charge is 0.317 e. The van der Waals surface area contributed by atoms with Crippen molar-refractivity contribution < 1.29 is 14.7 Å². The molecule has 1 rings (SSSR count). The number of carbonyl (C=O) groups is 2. The van der Waals surface area contributed by atoms with Gasteiger partial charge in [0.2, 0.25) is 0 Å². The van der Waals surface area contributed by atoms with Gasteiger partial charge in [-0.2, -0.15) is 0 Å². The van der Waals surface area contributed by atoms with Crippen LogP contribution in [-0.2, 0) is 4.79 Å². The summed E-state index contributed by atoms with van der Waals surface area (Å²) in [7, 11) is 0. The topological polar surface area (TPSA) is 69.6 Å². The number of hydrogen-bond acceptors (Lipinski definition) is 2. The number of likely N-dealkylation sites (tertiary alicyclic amines) is 1. The third kappa shape index (κ3) is 3.89. The van der Waals surface area contributed by atoms with Crippen LogP contribution in [0.2, 0.25) is 0 Å². The van der Waals surface area contributed by atoms with Crippen molar-refractivity contribution in [3.63, 3.8) is 0 Å². The summed E-state index contributed by atoms with van der Waals surface area (Å²) in [4.78, 5) is 24.7. The van der Waals surface area contributed by atoms with Crippen LogP contribution >= 0.6 is 0 Å². The average molecular weight is 256 g/mol. The highest BCUT2D eigenvalue weighted by molar-refractivity contribution is 5.76. The number of carboxylic acids is 1. The molecule has 1 aliphatic rings. The molecule has 0 spiro atoms. The maximum atomic E-state index is 12.0. The van der Waals surface area contributed by atoms with Crippen molar-refractivity contribution in [2.75, 3.05) is 13.1 Å². The molecule has 5 heteroatoms. The van der Waals surface area contributed by atoms with Crippen molar-refractivity contribution in [3.05, 3.63) is 0 Å². The minimum absolute atomic E-state index is 0.0954. The summed E-state index contributed by atoms with van der Waals surface area (Å²) < 4.78 is 0. The first kappa shape index (κ1) is 14.8. The highest BCUT2D eigenvalue weighted by Gasteiger charge is 2.32. The highest BCUT2D eigenvalue weighted by atomic mass is 16.4. The molecular weight excluding hydrogens is 232 g/mol. The van der Waals surface area contributed by atoms with Gasteiger partial charge >= 0.3 is 12.0 Å². The standard InChI is InChI=1S/C13H24N2O3/c1-8(2)10(4)14-13(18)15-6-9(3)5-11(7-15)12(16)17/h8-11H,5-7H2,1-4H3,(H,14,18)(H,16,17). The number of aliphatic carboxylic acids is 1. The molecule has 2 N–H and O–H groups in total. The molecule has 3 atom stereocenters. The van der Waals surface area contributed by atoms with Crippen LogP contribution in [0.4, 0.5) is 4.79 Å². The van der Waals surface area contributed by atoms with E-state index in [0.29, 0.717) is 25.4 Å². The minimum atomic E-state index is -0.809. The zero-order chi connectivity index (χ0) is 13.9. The number of nitrogens with one attached hydrogen (secondary N) is 1. The van der Waals surface area contributed by atoms with Gasteiger partial charge in [-0.05, 0) is 25.2 Å². The quantitative estimate of drug-likeness (QED) is 0.808. The van der Waals surface area contributed by atoms with Gasteiger partial charge in [0.15, 0.2) is 0 Å². The van der Waals surface area contributed by atoms with E-state index >= 15 is 0 Å². The predicted octanol–water partition coefficient (Wildman–Crippen LogP) is 1.78. The lowest BCUT2D eigenvalue weighted by Crippen LogP contribution is -2.52. The van der Waals surface area contributed by atoms with Crippen molar-refractivity contribution in [2.45, 2.75) is 40.2 Å². The lowest BCUT2D eigenvalue weighted by Gasteiger charge is -2.35. The van der Waals surface area contributed by atoms with Gasteiger partial charge in [-0.1, -0.05) is 20.8 Å². The first-order valence-corrected chi connectivity index (χ1v) is 6.59. The van der Waals surface area contributed by atoms with E-state index in [1.165, 1.54) is 0 Å². The van der Waals surface area contributed by atoms with Gasteiger partial charge in [0.1, 0.15) is 0 Å². The maximum absolute atomic E-state index is 12.0. The second-order valence-corrected chi connectivity index (χ2v) is 5.76. The van der Waals surface area contributed by atoms with Crippen LogP contribution in [0, 0.1) is 17.8 Å². The Labute approximate surface area is 109 Å². The first-order chi connectivity index (χ1) is 8.31. The number of hydrogen-bond donors (Lipinski definition) is 2. The van der Waals surface area contributed by atoms with Crippen LogP contribution in [0.1, 0.15) is 34.1 Å². The average Bonchev–Trinajstić information content (AvgIpc) is 2.27. The molecule has 1 heterocycles. The highest BCUT2D eigenvalue weighted by Crippen LogP contribution is 2.21. The Morgan fingerprint density at radius 1 is 1.28 bits per heavy atom. The van der Waals surface area contributed by atoms with Crippen molar-refractivity contribution in [3.8, 4) is 0 Å². The van der Waals surface area contributed by atoms with E-state index in [1.807, 2.05) is 27.7 Å². The fourth-order valence-corrected chi connectivity index (χ4v) is 2.15. The summed E-state index contributed by atoms with van der Waals surface area (Å²) in [5.41, 5.74) is 0. The maximum Gasteiger partial charge on any atom is 0.317 e. The van der Waals surface area contributed by atoms with Gasteiger partial charge in [-0.3, -0.25) is 4.79 Å². The second kappa shape index (κ2) is 6.07. The summed E-state index contributed by atoms with van der Waals surface area (Å²) in [5.74, 6) is -0.642. The zero-order valence-electron chi connectivity index (χ0n) is 11.6. The van der Waals surface area contributed by atoms with E-state index in [9.17, 15) is 9.59 Å². The van der Waals surface area contributed by atoms with Crippen LogP contribution in [0.15, 0.2) is 0 Å². The number of carbonyl (C=O) groups excluding carboxylic acids is 1. The lowest BCUT2D eigenvalue weighted by molar-refractivity contribution is -0.143. The summed E-state index contributed by atoms with van der Waals surface area (Å²) in [6.45, 7) is 9.00. The second-order valence-electron chi connectivity index (χ2n) is 5.76. The Morgan fingerprint density at radius 3 is 2.39 bits per heavy atom. The Bertz CT molecular complexity index is 317. The molecule has 1 aliphatic heterocycles. The molecule has 0 saturated carbocycles. The molecule has 1 saturated heterocycles. The van der Waals surface area contributed by atoms with E-state index in [-0.39, 0.29) is 18.0 Å². The Morgan fingerprint density at radius 2 is 1.89 bits per heavy atom. The largest absolute Gasteiger partial charge is 0.481 e. The van der Waals surface area contributed by atoms with E-state index < -0.39 is 11.9 Å². The number of piperidine rings is 1. The molecule has 3 unspecified atom stereocenters. The van der Waals surface area contributed by atoms with Gasteiger partial charge in [0.05, 0.1) is 5.92 Å². The summed E-state index contributed by atoms with van der Waals surface area (Å²) in [6, 6.07) is -0.0491. The van der Waals surface area contributed by atoms with Gasteiger partial charge in [0.25, 0.3) is 0 Å². The van der Waals surface area contributed by atoms with Crippen molar-refractivity contribution >= 4 is 12.0 Å². The zero-order valence-corrected chi connectivity index (χ0v) is 11.6. The van der Waals surface area contributed by atoms with Gasteiger partial charge < -0.3 is 15.3 Å². The molecular formula is C13H24N2O3. The van der Waals surface area contributed by atoms with E-state index in [0.717, 1.165) is 0 Å². The molecule has 0 radical (unpaired) electrons. The van der Waals surface area contributed by atoms with Gasteiger partial charge in [-0.15, -0.1) is 0 Å². The van der Waals surface area contributed by atoms with Crippen LogP contribution < -0.4 is 5.32 Å². The number of amides is 2. The van der Waals surface area contributed by atoms with E-state index in [2.05, 4.69) is 5.32 Å². The summed E-state index contributed by atoms with van der Waals surface area (Å²) in [6.07, 6.45) is 0.652. The summed E-state index contributed by atoms with van der Waals surface area (Å²) in [5, 5.41) is 12.0. The fourth-order valence-electron chi connectivity index (χ4n) is 2.15. The molecule has 0 aromatic heterocycles. The molecule has 5 nitrogen and oxygen atoms in total. The molecule has 2 amide bonds. The summed E-state index contributed by atoms with van der Waals surface area (Å²) >= 11 is 0. The molecule has 0 bridgehead atoms. The van der Waals surface area contributed by atoms with E-state index in [1.54, 1.807) is 4.90 Å². The third-order valence-electron chi connectivity index (χ3n) is 3.65. The monoisotopic (exact) mass is 256 g/mol. The fraction of sp³-hybridized carbons (Fsp3) is 0.846. The first-order valence-electron chi connectivity index (χ1n) is 6.59. The molecule has 1 fully saturated rings. The van der Waals surface area contributed by atoms with Crippen molar-refractivity contribution in [1.29, 1.82) is 0 Å². The van der Waals surface area contributed by atoms with E-state index in [4.69, 9.17) is 5.11 Å². The SMILES string of the molecule is CC1CC(C(=O)O)CN(C(=O)NC(C)C(C)C)C1. The molecule has 18 heavy (non-hydrogen) atoms. The minimum Gasteiger partial charge on any atom is -0.481 e.